The zero-order valence-electron chi connectivity index (χ0n) is 11.5. The van der Waals surface area contributed by atoms with E-state index in [9.17, 15) is 0 Å². The first-order valence-electron chi connectivity index (χ1n) is 6.35. The summed E-state index contributed by atoms with van der Waals surface area (Å²) in [5.41, 5.74) is 9.16. The minimum atomic E-state index is -0.358. The van der Waals surface area contributed by atoms with E-state index in [-0.39, 0.29) is 6.04 Å². The van der Waals surface area contributed by atoms with Crippen molar-refractivity contribution in [3.05, 3.63) is 35.2 Å². The van der Waals surface area contributed by atoms with E-state index in [1.165, 1.54) is 0 Å². The van der Waals surface area contributed by atoms with Crippen LogP contribution in [-0.2, 0) is 4.74 Å². The average molecular weight is 261 g/mol. The van der Waals surface area contributed by atoms with Gasteiger partial charge < -0.3 is 15.0 Å². The lowest BCUT2D eigenvalue weighted by Crippen LogP contribution is -2.18. The molecule has 0 aliphatic carbocycles. The van der Waals surface area contributed by atoms with Crippen molar-refractivity contribution in [3.8, 4) is 11.5 Å². The number of hydrogen-bond acceptors (Lipinski definition) is 5. The van der Waals surface area contributed by atoms with Gasteiger partial charge in [0.25, 0.3) is 5.89 Å². The predicted octanol–water partition coefficient (Wildman–Crippen LogP) is 2.39. The third-order valence-corrected chi connectivity index (χ3v) is 2.74. The second kappa shape index (κ2) is 5.95. The normalized spacial score (nSPS) is 12.6. The van der Waals surface area contributed by atoms with Crippen molar-refractivity contribution in [2.45, 2.75) is 26.8 Å². The molecule has 1 aromatic carbocycles. The molecule has 19 heavy (non-hydrogen) atoms. The van der Waals surface area contributed by atoms with Gasteiger partial charge in [-0.15, -0.1) is 0 Å². The highest BCUT2D eigenvalue weighted by Crippen LogP contribution is 2.21. The van der Waals surface area contributed by atoms with Crippen molar-refractivity contribution >= 4 is 0 Å². The molecule has 1 atom stereocenters. The van der Waals surface area contributed by atoms with E-state index in [0.717, 1.165) is 16.7 Å². The van der Waals surface area contributed by atoms with Crippen LogP contribution in [0.4, 0.5) is 0 Å². The van der Waals surface area contributed by atoms with Gasteiger partial charge in [0.2, 0.25) is 0 Å². The molecule has 0 radical (unpaired) electrons. The van der Waals surface area contributed by atoms with Crippen LogP contribution >= 0.6 is 0 Å². The van der Waals surface area contributed by atoms with Crippen LogP contribution in [0.1, 0.15) is 29.9 Å². The van der Waals surface area contributed by atoms with Gasteiger partial charge in [-0.2, -0.15) is 4.98 Å². The van der Waals surface area contributed by atoms with Crippen LogP contribution in [0.15, 0.2) is 22.7 Å². The van der Waals surface area contributed by atoms with Crippen LogP contribution in [0.2, 0.25) is 0 Å². The molecule has 0 aliphatic rings. The molecule has 102 valence electrons. The van der Waals surface area contributed by atoms with E-state index in [4.69, 9.17) is 15.0 Å². The molecule has 2 N–H and O–H groups in total. The van der Waals surface area contributed by atoms with Gasteiger partial charge in [-0.05, 0) is 32.9 Å². The minimum Gasteiger partial charge on any atom is -0.380 e. The van der Waals surface area contributed by atoms with Gasteiger partial charge >= 0.3 is 0 Å². The molecule has 1 heterocycles. The first-order chi connectivity index (χ1) is 9.10. The highest BCUT2D eigenvalue weighted by atomic mass is 16.5. The number of aromatic nitrogens is 2. The van der Waals surface area contributed by atoms with Crippen LogP contribution < -0.4 is 5.73 Å². The SMILES string of the molecule is CCOCC(N)c1noc(-c2cc(C)cc(C)c2)n1. The van der Waals surface area contributed by atoms with Crippen molar-refractivity contribution in [2.24, 2.45) is 5.73 Å². The molecule has 2 rings (SSSR count). The molecule has 5 nitrogen and oxygen atoms in total. The minimum absolute atomic E-state index is 0.358. The summed E-state index contributed by atoms with van der Waals surface area (Å²) in [5.74, 6) is 0.969. The molecule has 0 bridgehead atoms. The number of benzene rings is 1. The number of ether oxygens (including phenoxy) is 1. The van der Waals surface area contributed by atoms with Crippen molar-refractivity contribution in [1.29, 1.82) is 0 Å². The van der Waals surface area contributed by atoms with E-state index in [0.29, 0.717) is 24.9 Å². The summed E-state index contributed by atoms with van der Waals surface area (Å²) < 4.78 is 10.5. The predicted molar refractivity (Wildman–Crippen MR) is 72.6 cm³/mol. The zero-order valence-corrected chi connectivity index (χ0v) is 11.5. The fourth-order valence-corrected chi connectivity index (χ4v) is 1.92. The second-order valence-corrected chi connectivity index (χ2v) is 4.60. The Morgan fingerprint density at radius 2 is 1.95 bits per heavy atom. The molecule has 2 aromatic rings. The van der Waals surface area contributed by atoms with Crippen molar-refractivity contribution in [1.82, 2.24) is 10.1 Å². The van der Waals surface area contributed by atoms with Crippen molar-refractivity contribution < 1.29 is 9.26 Å². The molecule has 0 saturated carbocycles. The number of nitrogens with two attached hydrogens (primary N) is 1. The van der Waals surface area contributed by atoms with Crippen molar-refractivity contribution in [2.75, 3.05) is 13.2 Å². The topological polar surface area (TPSA) is 74.2 Å². The van der Waals surface area contributed by atoms with E-state index in [1.54, 1.807) is 0 Å². The summed E-state index contributed by atoms with van der Waals surface area (Å²) in [7, 11) is 0. The lowest BCUT2D eigenvalue weighted by molar-refractivity contribution is 0.130. The maximum absolute atomic E-state index is 5.92. The fraction of sp³-hybridized carbons (Fsp3) is 0.429. The van der Waals surface area contributed by atoms with E-state index < -0.39 is 0 Å². The molecule has 0 fully saturated rings. The van der Waals surface area contributed by atoms with E-state index in [1.807, 2.05) is 32.9 Å². The summed E-state index contributed by atoms with van der Waals surface area (Å²) in [6.45, 7) is 7.00. The molecule has 1 aromatic heterocycles. The third-order valence-electron chi connectivity index (χ3n) is 2.74. The zero-order chi connectivity index (χ0) is 13.8. The lowest BCUT2D eigenvalue weighted by atomic mass is 10.1. The van der Waals surface area contributed by atoms with Gasteiger partial charge in [-0.25, -0.2) is 0 Å². The standard InChI is InChI=1S/C14H19N3O2/c1-4-18-8-12(15)13-16-14(19-17-13)11-6-9(2)5-10(3)7-11/h5-7,12H,4,8,15H2,1-3H3. The second-order valence-electron chi connectivity index (χ2n) is 4.60. The number of nitrogens with zero attached hydrogens (tertiary/aromatic N) is 2. The third kappa shape index (κ3) is 3.39. The Bertz CT molecular complexity index is 531. The Hall–Kier alpha value is -1.72. The number of hydrogen-bond donors (Lipinski definition) is 1. The van der Waals surface area contributed by atoms with Crippen molar-refractivity contribution in [3.63, 3.8) is 0 Å². The maximum Gasteiger partial charge on any atom is 0.258 e. The molecule has 0 amide bonds. The Kier molecular flexibility index (Phi) is 4.29. The van der Waals surface area contributed by atoms with E-state index in [2.05, 4.69) is 16.2 Å². The van der Waals surface area contributed by atoms with Gasteiger partial charge in [0.1, 0.15) is 0 Å². The molecule has 1 unspecified atom stereocenters. The first kappa shape index (κ1) is 13.7. The molecule has 5 heteroatoms. The first-order valence-corrected chi connectivity index (χ1v) is 6.35. The Balaban J connectivity index is 2.20. The summed E-state index contributed by atoms with van der Waals surface area (Å²) in [5, 5.41) is 3.91. The van der Waals surface area contributed by atoms with Crippen LogP contribution in [0.3, 0.4) is 0 Å². The van der Waals surface area contributed by atoms with Gasteiger partial charge in [0.05, 0.1) is 12.6 Å². The monoisotopic (exact) mass is 261 g/mol. The Morgan fingerprint density at radius 3 is 2.58 bits per heavy atom. The highest BCUT2D eigenvalue weighted by molar-refractivity contribution is 5.55. The average Bonchev–Trinajstić information content (AvgIpc) is 2.84. The summed E-state index contributed by atoms with van der Waals surface area (Å²) in [4.78, 5) is 4.33. The van der Waals surface area contributed by atoms with Crippen LogP contribution in [0.5, 0.6) is 0 Å². The van der Waals surface area contributed by atoms with Gasteiger partial charge in [0.15, 0.2) is 5.82 Å². The Labute approximate surface area is 112 Å². The van der Waals surface area contributed by atoms with Gasteiger partial charge in [-0.1, -0.05) is 22.3 Å². The largest absolute Gasteiger partial charge is 0.380 e. The summed E-state index contributed by atoms with van der Waals surface area (Å²) in [6, 6.07) is 5.77. The molecule has 0 saturated heterocycles. The van der Waals surface area contributed by atoms with Crippen LogP contribution in [0, 0.1) is 13.8 Å². The van der Waals surface area contributed by atoms with Gasteiger partial charge in [0, 0.05) is 12.2 Å². The molecular weight excluding hydrogens is 242 g/mol. The highest BCUT2D eigenvalue weighted by Gasteiger charge is 2.15. The lowest BCUT2D eigenvalue weighted by Gasteiger charge is -2.05. The molecule has 0 aliphatic heterocycles. The van der Waals surface area contributed by atoms with E-state index >= 15 is 0 Å². The number of aryl methyl sites for hydroxylation is 2. The quantitative estimate of drug-likeness (QED) is 0.894. The van der Waals surface area contributed by atoms with Crippen LogP contribution in [0.25, 0.3) is 11.5 Å². The van der Waals surface area contributed by atoms with Gasteiger partial charge in [-0.3, -0.25) is 0 Å². The smallest absolute Gasteiger partial charge is 0.258 e. The molecule has 0 spiro atoms. The van der Waals surface area contributed by atoms with Crippen LogP contribution in [-0.4, -0.2) is 23.4 Å². The fourth-order valence-electron chi connectivity index (χ4n) is 1.92. The Morgan fingerprint density at radius 1 is 1.26 bits per heavy atom. The summed E-state index contributed by atoms with van der Waals surface area (Å²) in [6.07, 6.45) is 0. The number of rotatable bonds is 5. The molecular formula is C14H19N3O2. The maximum atomic E-state index is 5.92. The summed E-state index contributed by atoms with van der Waals surface area (Å²) >= 11 is 0.